The van der Waals surface area contributed by atoms with E-state index in [4.69, 9.17) is 0 Å². The normalized spacial score (nSPS) is 16.7. The minimum atomic E-state index is -4.63. The van der Waals surface area contributed by atoms with E-state index in [9.17, 15) is 26.4 Å². The molecule has 0 aliphatic carbocycles. The van der Waals surface area contributed by atoms with Gasteiger partial charge in [0, 0.05) is 24.4 Å². The van der Waals surface area contributed by atoms with Crippen molar-refractivity contribution in [1.29, 1.82) is 0 Å². The van der Waals surface area contributed by atoms with Gasteiger partial charge in [0.2, 0.25) is 15.9 Å². The van der Waals surface area contributed by atoms with Crippen LogP contribution in [0.2, 0.25) is 0 Å². The molecule has 32 heavy (non-hydrogen) atoms. The number of rotatable bonds is 4. The SMILES string of the molecule is CC(C)(C)c1ncc(NC(=O)C2CCN(S(=O)(=O)c3cccc(C(F)(F)F)c3)CC2)cn1. The number of carbonyl (C=O) groups excluding carboxylic acids is 1. The van der Waals surface area contributed by atoms with Crippen molar-refractivity contribution in [3.05, 3.63) is 48.0 Å². The summed E-state index contributed by atoms with van der Waals surface area (Å²) in [5.74, 6) is -0.0536. The average molecular weight is 471 g/mol. The van der Waals surface area contributed by atoms with E-state index in [2.05, 4.69) is 15.3 Å². The number of hydrogen-bond acceptors (Lipinski definition) is 5. The van der Waals surface area contributed by atoms with Crippen LogP contribution in [0.1, 0.15) is 45.0 Å². The van der Waals surface area contributed by atoms with Crippen molar-refractivity contribution in [3.63, 3.8) is 0 Å². The number of nitrogens with one attached hydrogen (secondary N) is 1. The van der Waals surface area contributed by atoms with Crippen LogP contribution < -0.4 is 5.32 Å². The molecule has 1 N–H and O–H groups in total. The van der Waals surface area contributed by atoms with E-state index in [0.29, 0.717) is 17.6 Å². The summed E-state index contributed by atoms with van der Waals surface area (Å²) >= 11 is 0. The van der Waals surface area contributed by atoms with Gasteiger partial charge in [-0.1, -0.05) is 26.8 Å². The second kappa shape index (κ2) is 8.78. The second-order valence-corrected chi connectivity index (χ2v) is 10.7. The maximum atomic E-state index is 12.9. The van der Waals surface area contributed by atoms with Gasteiger partial charge in [-0.2, -0.15) is 17.5 Å². The largest absolute Gasteiger partial charge is 0.416 e. The summed E-state index contributed by atoms with van der Waals surface area (Å²) in [6.45, 7) is 6.00. The molecule has 0 unspecified atom stereocenters. The van der Waals surface area contributed by atoms with Crippen molar-refractivity contribution >= 4 is 21.6 Å². The third-order valence-electron chi connectivity index (χ3n) is 5.21. The standard InChI is InChI=1S/C21H25F3N4O3S/c1-20(2,3)19-25-12-16(13-26-19)27-18(29)14-7-9-28(10-8-14)32(30,31)17-6-4-5-15(11-17)21(22,23)24/h4-6,11-14H,7-10H2,1-3H3,(H,27,29). The highest BCUT2D eigenvalue weighted by atomic mass is 32.2. The van der Waals surface area contributed by atoms with Crippen LogP contribution in [0.25, 0.3) is 0 Å². The van der Waals surface area contributed by atoms with Crippen molar-refractivity contribution in [1.82, 2.24) is 14.3 Å². The molecule has 7 nitrogen and oxygen atoms in total. The summed E-state index contributed by atoms with van der Waals surface area (Å²) in [5, 5.41) is 2.74. The third-order valence-corrected chi connectivity index (χ3v) is 7.11. The molecule has 11 heteroatoms. The molecular weight excluding hydrogens is 445 g/mol. The van der Waals surface area contributed by atoms with Gasteiger partial charge in [0.15, 0.2) is 0 Å². The predicted molar refractivity (Wildman–Crippen MR) is 112 cm³/mol. The van der Waals surface area contributed by atoms with Gasteiger partial charge in [0.1, 0.15) is 5.82 Å². The van der Waals surface area contributed by atoms with E-state index in [1.165, 1.54) is 12.4 Å². The van der Waals surface area contributed by atoms with Crippen molar-refractivity contribution < 1.29 is 26.4 Å². The molecule has 1 fully saturated rings. The van der Waals surface area contributed by atoms with Gasteiger partial charge >= 0.3 is 6.18 Å². The van der Waals surface area contributed by atoms with E-state index in [0.717, 1.165) is 22.5 Å². The zero-order valence-corrected chi connectivity index (χ0v) is 18.8. The smallest absolute Gasteiger partial charge is 0.323 e. The van der Waals surface area contributed by atoms with Gasteiger partial charge in [-0.3, -0.25) is 4.79 Å². The fourth-order valence-corrected chi connectivity index (χ4v) is 4.88. The van der Waals surface area contributed by atoms with Gasteiger partial charge in [-0.25, -0.2) is 18.4 Å². The number of nitrogens with zero attached hydrogens (tertiary/aromatic N) is 3. The number of alkyl halides is 3. The van der Waals surface area contributed by atoms with Gasteiger partial charge in [-0.05, 0) is 31.0 Å². The number of anilines is 1. The first-order valence-electron chi connectivity index (χ1n) is 10.1. The first-order valence-corrected chi connectivity index (χ1v) is 11.5. The highest BCUT2D eigenvalue weighted by Crippen LogP contribution is 2.32. The summed E-state index contributed by atoms with van der Waals surface area (Å²) in [6, 6.07) is 3.68. The molecule has 1 aliphatic heterocycles. The Bertz CT molecular complexity index is 1070. The molecule has 0 radical (unpaired) electrons. The lowest BCUT2D eigenvalue weighted by Crippen LogP contribution is -2.41. The Labute approximate surface area is 185 Å². The van der Waals surface area contributed by atoms with Gasteiger partial charge in [0.05, 0.1) is 28.5 Å². The molecule has 1 amide bonds. The average Bonchev–Trinajstić information content (AvgIpc) is 2.73. The van der Waals surface area contributed by atoms with Crippen LogP contribution in [-0.4, -0.2) is 41.7 Å². The number of aromatic nitrogens is 2. The Morgan fingerprint density at radius 3 is 2.22 bits per heavy atom. The van der Waals surface area contributed by atoms with Crippen LogP contribution in [0, 0.1) is 5.92 Å². The molecule has 2 heterocycles. The Kier molecular flexibility index (Phi) is 6.62. The number of sulfonamides is 1. The summed E-state index contributed by atoms with van der Waals surface area (Å²) in [7, 11) is -4.09. The van der Waals surface area contributed by atoms with E-state index < -0.39 is 32.6 Å². The van der Waals surface area contributed by atoms with Crippen LogP contribution >= 0.6 is 0 Å². The van der Waals surface area contributed by atoms with Gasteiger partial charge in [-0.15, -0.1) is 0 Å². The molecule has 1 aromatic heterocycles. The first kappa shape index (κ1) is 24.1. The zero-order valence-electron chi connectivity index (χ0n) is 18.0. The first-order chi connectivity index (χ1) is 14.8. The molecule has 174 valence electrons. The number of amides is 1. The maximum absolute atomic E-state index is 12.9. The molecule has 1 aliphatic rings. The number of halogens is 3. The lowest BCUT2D eigenvalue weighted by molar-refractivity contribution is -0.137. The molecule has 0 spiro atoms. The molecule has 0 atom stereocenters. The number of carbonyl (C=O) groups is 1. The van der Waals surface area contributed by atoms with E-state index in [-0.39, 0.29) is 37.3 Å². The summed E-state index contributed by atoms with van der Waals surface area (Å²) in [4.78, 5) is 20.7. The van der Waals surface area contributed by atoms with E-state index in [1.807, 2.05) is 20.8 Å². The molecule has 0 bridgehead atoms. The number of benzene rings is 1. The zero-order chi connectivity index (χ0) is 23.7. The minimum Gasteiger partial charge on any atom is -0.323 e. The Morgan fingerprint density at radius 1 is 1.09 bits per heavy atom. The summed E-state index contributed by atoms with van der Waals surface area (Å²) in [6.07, 6.45) is -1.07. The predicted octanol–water partition coefficient (Wildman–Crippen LogP) is 3.83. The monoisotopic (exact) mass is 470 g/mol. The number of piperidine rings is 1. The third kappa shape index (κ3) is 5.44. The minimum absolute atomic E-state index is 0.0378. The van der Waals surface area contributed by atoms with E-state index >= 15 is 0 Å². The van der Waals surface area contributed by atoms with Crippen LogP contribution in [0.15, 0.2) is 41.6 Å². The molecule has 3 rings (SSSR count). The van der Waals surface area contributed by atoms with Gasteiger partial charge < -0.3 is 5.32 Å². The highest BCUT2D eigenvalue weighted by molar-refractivity contribution is 7.89. The van der Waals surface area contributed by atoms with Crippen molar-refractivity contribution in [2.45, 2.75) is 50.1 Å². The van der Waals surface area contributed by atoms with Crippen LogP contribution in [-0.2, 0) is 26.4 Å². The van der Waals surface area contributed by atoms with Gasteiger partial charge in [0.25, 0.3) is 0 Å². The van der Waals surface area contributed by atoms with Crippen molar-refractivity contribution in [2.24, 2.45) is 5.92 Å². The fourth-order valence-electron chi connectivity index (χ4n) is 3.36. The second-order valence-electron chi connectivity index (χ2n) is 8.74. The fraction of sp³-hybridized carbons (Fsp3) is 0.476. The molecular formula is C21H25F3N4O3S. The van der Waals surface area contributed by atoms with E-state index in [1.54, 1.807) is 0 Å². The summed E-state index contributed by atoms with van der Waals surface area (Å²) in [5.41, 5.74) is -0.796. The van der Waals surface area contributed by atoms with Crippen LogP contribution in [0.3, 0.4) is 0 Å². The lowest BCUT2D eigenvalue weighted by Gasteiger charge is -2.30. The topological polar surface area (TPSA) is 92.3 Å². The Morgan fingerprint density at radius 2 is 1.69 bits per heavy atom. The Hall–Kier alpha value is -2.53. The quantitative estimate of drug-likeness (QED) is 0.733. The molecule has 1 saturated heterocycles. The Balaban J connectivity index is 1.62. The van der Waals surface area contributed by atoms with Crippen molar-refractivity contribution in [3.8, 4) is 0 Å². The molecule has 0 saturated carbocycles. The molecule has 1 aromatic carbocycles. The lowest BCUT2D eigenvalue weighted by atomic mass is 9.96. The van der Waals surface area contributed by atoms with Crippen molar-refractivity contribution in [2.75, 3.05) is 18.4 Å². The maximum Gasteiger partial charge on any atom is 0.416 e. The van der Waals surface area contributed by atoms with Crippen LogP contribution in [0.5, 0.6) is 0 Å². The number of hydrogen-bond donors (Lipinski definition) is 1. The van der Waals surface area contributed by atoms with Crippen LogP contribution in [0.4, 0.5) is 18.9 Å². The molecule has 2 aromatic rings. The highest BCUT2D eigenvalue weighted by Gasteiger charge is 2.35. The summed E-state index contributed by atoms with van der Waals surface area (Å²) < 4.78 is 65.5.